The first kappa shape index (κ1) is 27.7. The molecule has 4 rings (SSSR count). The minimum Gasteiger partial charge on any atom is -0.507 e. The van der Waals surface area contributed by atoms with Crippen molar-refractivity contribution in [2.24, 2.45) is 0 Å². The number of aliphatic hydroxyl groups excluding tert-OH is 1. The molecular formula is C31H33NO7. The molecule has 0 spiro atoms. The topological polar surface area (TPSA) is 94.5 Å². The van der Waals surface area contributed by atoms with Gasteiger partial charge < -0.3 is 29.0 Å². The lowest BCUT2D eigenvalue weighted by atomic mass is 9.95. The number of benzene rings is 3. The number of nitrogens with zero attached hydrogens (tertiary/aromatic N) is 1. The molecule has 39 heavy (non-hydrogen) atoms. The second-order valence-corrected chi connectivity index (χ2v) is 9.05. The lowest BCUT2D eigenvalue weighted by Gasteiger charge is -2.25. The average Bonchev–Trinajstić information content (AvgIpc) is 3.23. The van der Waals surface area contributed by atoms with Gasteiger partial charge in [-0.3, -0.25) is 9.59 Å². The number of carbonyl (C=O) groups excluding carboxylic acids is 2. The second kappa shape index (κ2) is 13.0. The molecule has 8 nitrogen and oxygen atoms in total. The van der Waals surface area contributed by atoms with Crippen molar-refractivity contribution in [3.63, 3.8) is 0 Å². The number of likely N-dealkylation sites (tertiary alicyclic amines) is 1. The van der Waals surface area contributed by atoms with E-state index in [1.54, 1.807) is 42.5 Å². The van der Waals surface area contributed by atoms with Gasteiger partial charge in [-0.15, -0.1) is 0 Å². The highest BCUT2D eigenvalue weighted by Gasteiger charge is 2.46. The molecule has 1 N–H and O–H groups in total. The molecule has 0 radical (unpaired) electrons. The van der Waals surface area contributed by atoms with E-state index in [2.05, 4.69) is 0 Å². The van der Waals surface area contributed by atoms with E-state index in [4.69, 9.17) is 18.9 Å². The number of aliphatic hydroxyl groups is 1. The van der Waals surface area contributed by atoms with Crippen molar-refractivity contribution in [3.8, 4) is 17.2 Å². The number of ketones is 1. The summed E-state index contributed by atoms with van der Waals surface area (Å²) in [6.07, 6.45) is 0.827. The van der Waals surface area contributed by atoms with Crippen molar-refractivity contribution in [3.05, 3.63) is 95.1 Å². The Bertz CT molecular complexity index is 1340. The number of Topliss-reactive ketones (excluding diaryl/α,β-unsaturated/α-hetero) is 1. The van der Waals surface area contributed by atoms with E-state index in [0.29, 0.717) is 41.6 Å². The van der Waals surface area contributed by atoms with E-state index in [0.717, 1.165) is 12.0 Å². The normalized spacial score (nSPS) is 16.4. The van der Waals surface area contributed by atoms with Crippen LogP contribution in [0, 0.1) is 0 Å². The molecule has 3 aromatic carbocycles. The van der Waals surface area contributed by atoms with E-state index in [-0.39, 0.29) is 24.5 Å². The molecule has 0 saturated carbocycles. The Morgan fingerprint density at radius 2 is 1.69 bits per heavy atom. The fourth-order valence-electron chi connectivity index (χ4n) is 4.46. The molecule has 1 unspecified atom stereocenters. The third-order valence-corrected chi connectivity index (χ3v) is 6.40. The highest BCUT2D eigenvalue weighted by molar-refractivity contribution is 6.46. The van der Waals surface area contributed by atoms with Gasteiger partial charge in [0.1, 0.15) is 18.1 Å². The number of ether oxygens (including phenoxy) is 4. The summed E-state index contributed by atoms with van der Waals surface area (Å²) in [5, 5.41) is 11.4. The van der Waals surface area contributed by atoms with E-state index < -0.39 is 17.7 Å². The SMILES string of the molecule is CCCOc1cccc(/C(O)=C2\C(=O)C(=O)N(CCOC)C2c2ccc(OCc3ccccc3)c(OC)c2)c1. The van der Waals surface area contributed by atoms with Crippen molar-refractivity contribution in [2.45, 2.75) is 26.0 Å². The standard InChI is InChI=1S/C31H33NO7/c1-4-16-38-24-12-8-11-23(18-24)29(33)27-28(32(15-17-36-2)31(35)30(27)34)22-13-14-25(26(19-22)37-3)39-20-21-9-6-5-7-10-21/h5-14,18-19,28,33H,4,15-17,20H2,1-3H3/b29-27+. The van der Waals surface area contributed by atoms with Crippen LogP contribution in [0.15, 0.2) is 78.4 Å². The van der Waals surface area contributed by atoms with Crippen LogP contribution in [0.5, 0.6) is 17.2 Å². The predicted octanol–water partition coefficient (Wildman–Crippen LogP) is 5.13. The van der Waals surface area contributed by atoms with Gasteiger partial charge in [0.05, 0.1) is 31.9 Å². The van der Waals surface area contributed by atoms with E-state index >= 15 is 0 Å². The molecule has 1 aliphatic rings. The molecule has 0 aliphatic carbocycles. The molecule has 1 fully saturated rings. The van der Waals surface area contributed by atoms with Crippen molar-refractivity contribution in [2.75, 3.05) is 34.0 Å². The fraction of sp³-hybridized carbons (Fsp3) is 0.290. The summed E-state index contributed by atoms with van der Waals surface area (Å²) >= 11 is 0. The average molecular weight is 532 g/mol. The summed E-state index contributed by atoms with van der Waals surface area (Å²) in [6, 6.07) is 21.0. The van der Waals surface area contributed by atoms with Gasteiger partial charge in [0.15, 0.2) is 11.5 Å². The molecule has 8 heteroatoms. The van der Waals surface area contributed by atoms with E-state index in [1.807, 2.05) is 37.3 Å². The number of amides is 1. The monoisotopic (exact) mass is 531 g/mol. The summed E-state index contributed by atoms with van der Waals surface area (Å²) in [7, 11) is 3.05. The first-order valence-corrected chi connectivity index (χ1v) is 12.8. The maximum absolute atomic E-state index is 13.3. The van der Waals surface area contributed by atoms with Crippen LogP contribution in [0.25, 0.3) is 5.76 Å². The minimum absolute atomic E-state index is 0.0104. The molecular weight excluding hydrogens is 498 g/mol. The molecule has 204 valence electrons. The second-order valence-electron chi connectivity index (χ2n) is 9.05. The molecule has 0 aromatic heterocycles. The third kappa shape index (κ3) is 6.23. The molecule has 1 heterocycles. The Labute approximate surface area is 228 Å². The lowest BCUT2D eigenvalue weighted by molar-refractivity contribution is -0.140. The van der Waals surface area contributed by atoms with Crippen LogP contribution in [0.3, 0.4) is 0 Å². The Morgan fingerprint density at radius 1 is 0.897 bits per heavy atom. The predicted molar refractivity (Wildman–Crippen MR) is 147 cm³/mol. The van der Waals surface area contributed by atoms with Crippen LogP contribution >= 0.6 is 0 Å². The van der Waals surface area contributed by atoms with Crippen LogP contribution in [0.1, 0.15) is 36.1 Å². The molecule has 3 aromatic rings. The van der Waals surface area contributed by atoms with Gasteiger partial charge >= 0.3 is 0 Å². The lowest BCUT2D eigenvalue weighted by Crippen LogP contribution is -2.32. The van der Waals surface area contributed by atoms with Gasteiger partial charge in [-0.1, -0.05) is 55.5 Å². The summed E-state index contributed by atoms with van der Waals surface area (Å²) < 4.78 is 22.5. The quantitative estimate of drug-likeness (QED) is 0.197. The van der Waals surface area contributed by atoms with E-state index in [1.165, 1.54) is 19.1 Å². The van der Waals surface area contributed by atoms with Crippen LogP contribution in [-0.2, 0) is 20.9 Å². The zero-order valence-corrected chi connectivity index (χ0v) is 22.4. The van der Waals surface area contributed by atoms with Gasteiger partial charge in [0.25, 0.3) is 11.7 Å². The fourth-order valence-corrected chi connectivity index (χ4v) is 4.46. The van der Waals surface area contributed by atoms with Crippen molar-refractivity contribution < 1.29 is 33.6 Å². The highest BCUT2D eigenvalue weighted by Crippen LogP contribution is 2.42. The maximum Gasteiger partial charge on any atom is 0.295 e. The zero-order chi connectivity index (χ0) is 27.8. The molecule has 1 atom stereocenters. The van der Waals surface area contributed by atoms with Gasteiger partial charge in [0.2, 0.25) is 0 Å². The van der Waals surface area contributed by atoms with Gasteiger partial charge in [-0.2, -0.15) is 0 Å². The van der Waals surface area contributed by atoms with Crippen LogP contribution in [-0.4, -0.2) is 55.7 Å². The first-order valence-electron chi connectivity index (χ1n) is 12.8. The Kier molecular flexibility index (Phi) is 9.22. The summed E-state index contributed by atoms with van der Waals surface area (Å²) in [6.45, 7) is 3.25. The van der Waals surface area contributed by atoms with Gasteiger partial charge in [-0.25, -0.2) is 0 Å². The maximum atomic E-state index is 13.3. The number of hydrogen-bond donors (Lipinski definition) is 1. The minimum atomic E-state index is -0.850. The molecule has 0 bridgehead atoms. The van der Waals surface area contributed by atoms with Crippen LogP contribution in [0.2, 0.25) is 0 Å². The number of rotatable bonds is 12. The largest absolute Gasteiger partial charge is 0.507 e. The number of hydrogen-bond acceptors (Lipinski definition) is 7. The summed E-state index contributed by atoms with van der Waals surface area (Å²) in [5.74, 6) is -0.233. The van der Waals surface area contributed by atoms with Gasteiger partial charge in [0, 0.05) is 19.2 Å². The first-order chi connectivity index (χ1) is 19.0. The molecule has 1 saturated heterocycles. The third-order valence-electron chi connectivity index (χ3n) is 6.40. The number of carbonyl (C=O) groups is 2. The van der Waals surface area contributed by atoms with Crippen molar-refractivity contribution in [1.82, 2.24) is 4.90 Å². The van der Waals surface area contributed by atoms with Crippen LogP contribution < -0.4 is 14.2 Å². The smallest absolute Gasteiger partial charge is 0.295 e. The van der Waals surface area contributed by atoms with Crippen molar-refractivity contribution in [1.29, 1.82) is 0 Å². The van der Waals surface area contributed by atoms with Gasteiger partial charge in [-0.05, 0) is 41.8 Å². The molecule has 1 aliphatic heterocycles. The Hall–Kier alpha value is -4.30. The van der Waals surface area contributed by atoms with E-state index in [9.17, 15) is 14.7 Å². The summed E-state index contributed by atoms with van der Waals surface area (Å²) in [5.41, 5.74) is 1.97. The zero-order valence-electron chi connectivity index (χ0n) is 22.4. The Morgan fingerprint density at radius 3 is 2.41 bits per heavy atom. The number of methoxy groups -OCH3 is 2. The Balaban J connectivity index is 1.74. The molecule has 1 amide bonds. The van der Waals surface area contributed by atoms with Crippen molar-refractivity contribution >= 4 is 17.4 Å². The van der Waals surface area contributed by atoms with Crippen LogP contribution in [0.4, 0.5) is 0 Å². The highest BCUT2D eigenvalue weighted by atomic mass is 16.5. The summed E-state index contributed by atoms with van der Waals surface area (Å²) in [4.78, 5) is 27.8.